The Bertz CT molecular complexity index is 1340. The number of carboxylic acids is 1. The summed E-state index contributed by atoms with van der Waals surface area (Å²) in [4.78, 5) is 11.1. The summed E-state index contributed by atoms with van der Waals surface area (Å²) in [5.74, 6) is 0.561. The molecule has 0 aliphatic heterocycles. The largest absolute Gasteiger partial charge is 0.494 e. The van der Waals surface area contributed by atoms with Gasteiger partial charge in [-0.2, -0.15) is 0 Å². The lowest BCUT2D eigenvalue weighted by molar-refractivity contribution is 0.0697. The molecule has 4 aromatic carbocycles. The molecule has 4 N–H and O–H groups in total. The van der Waals surface area contributed by atoms with Gasteiger partial charge in [0.1, 0.15) is 18.1 Å². The second-order valence-electron chi connectivity index (χ2n) is 8.74. The summed E-state index contributed by atoms with van der Waals surface area (Å²) in [5, 5.41) is 25.0. The molecule has 0 aliphatic rings. The van der Waals surface area contributed by atoms with E-state index in [9.17, 15) is 9.90 Å². The second-order valence-corrected chi connectivity index (χ2v) is 8.74. The molecule has 0 atom stereocenters. The number of methoxy groups -OCH3 is 1. The zero-order chi connectivity index (χ0) is 26.7. The third-order valence-electron chi connectivity index (χ3n) is 6.11. The Hall–Kier alpha value is -4.33. The van der Waals surface area contributed by atoms with E-state index >= 15 is 0 Å². The van der Waals surface area contributed by atoms with E-state index in [4.69, 9.17) is 14.6 Å². The fourth-order valence-electron chi connectivity index (χ4n) is 4.17. The molecule has 0 heterocycles. The highest BCUT2D eigenvalue weighted by atomic mass is 16.5. The van der Waals surface area contributed by atoms with Crippen LogP contribution in [-0.2, 0) is 19.7 Å². The Morgan fingerprint density at radius 3 is 2.34 bits per heavy atom. The predicted octanol–water partition coefficient (Wildman–Crippen LogP) is 5.33. The average molecular weight is 513 g/mol. The van der Waals surface area contributed by atoms with E-state index in [0.717, 1.165) is 45.0 Å². The van der Waals surface area contributed by atoms with Gasteiger partial charge in [0.25, 0.3) is 0 Å². The lowest BCUT2D eigenvalue weighted by Crippen LogP contribution is -2.18. The molecule has 7 heteroatoms. The quantitative estimate of drug-likeness (QED) is 0.180. The first kappa shape index (κ1) is 26.7. The maximum atomic E-state index is 11.1. The molecule has 0 saturated heterocycles. The lowest BCUT2D eigenvalue weighted by atomic mass is 10.0. The van der Waals surface area contributed by atoms with Gasteiger partial charge in [-0.25, -0.2) is 4.79 Å². The Balaban J connectivity index is 1.49. The van der Waals surface area contributed by atoms with Crippen molar-refractivity contribution in [1.82, 2.24) is 5.32 Å². The van der Waals surface area contributed by atoms with Gasteiger partial charge in [0.05, 0.1) is 25.0 Å². The maximum Gasteiger partial charge on any atom is 0.335 e. The second kappa shape index (κ2) is 13.3. The summed E-state index contributed by atoms with van der Waals surface area (Å²) < 4.78 is 11.9. The Morgan fingerprint density at radius 2 is 1.63 bits per heavy atom. The van der Waals surface area contributed by atoms with E-state index < -0.39 is 5.97 Å². The number of rotatable bonds is 13. The molecular weight excluding hydrogens is 480 g/mol. The monoisotopic (exact) mass is 512 g/mol. The highest BCUT2D eigenvalue weighted by Gasteiger charge is 2.12. The summed E-state index contributed by atoms with van der Waals surface area (Å²) in [6.45, 7) is 1.95. The van der Waals surface area contributed by atoms with E-state index in [-0.39, 0.29) is 12.2 Å². The van der Waals surface area contributed by atoms with E-state index in [1.807, 2.05) is 48.5 Å². The number of benzene rings is 4. The lowest BCUT2D eigenvalue weighted by Gasteiger charge is -2.17. The number of hydrogen-bond donors (Lipinski definition) is 4. The maximum absolute atomic E-state index is 11.1. The van der Waals surface area contributed by atoms with Gasteiger partial charge in [0.15, 0.2) is 0 Å². The molecule has 196 valence electrons. The number of hydrogen-bond acceptors (Lipinski definition) is 6. The molecule has 38 heavy (non-hydrogen) atoms. The van der Waals surface area contributed by atoms with Crippen molar-refractivity contribution in [2.24, 2.45) is 0 Å². The van der Waals surface area contributed by atoms with E-state index in [0.29, 0.717) is 26.2 Å². The standard InChI is InChI=1S/C31H32N2O5/c1-37-30-27(24-6-3-2-4-7-24)8-5-9-28(30)33-19-23-12-15-29(26(18-23)20-32-16-17-34)38-21-22-10-13-25(14-11-22)31(35)36/h2-15,18,32-34H,16-17,19-21H2,1H3,(H,35,36). The molecule has 4 aromatic rings. The van der Waals surface area contributed by atoms with Crippen molar-refractivity contribution in [2.45, 2.75) is 19.7 Å². The molecule has 0 radical (unpaired) electrons. The summed E-state index contributed by atoms with van der Waals surface area (Å²) in [5.41, 5.74) is 6.15. The molecule has 0 aromatic heterocycles. The van der Waals surface area contributed by atoms with Gasteiger partial charge in [-0.05, 0) is 47.0 Å². The molecule has 0 unspecified atom stereocenters. The summed E-state index contributed by atoms with van der Waals surface area (Å²) >= 11 is 0. The molecule has 7 nitrogen and oxygen atoms in total. The van der Waals surface area contributed by atoms with Crippen LogP contribution in [0.5, 0.6) is 11.5 Å². The Morgan fingerprint density at radius 1 is 0.868 bits per heavy atom. The number of carbonyl (C=O) groups is 1. The first-order valence-electron chi connectivity index (χ1n) is 12.4. The van der Waals surface area contributed by atoms with E-state index in [1.165, 1.54) is 0 Å². The van der Waals surface area contributed by atoms with Crippen LogP contribution in [0.3, 0.4) is 0 Å². The minimum atomic E-state index is -0.955. The van der Waals surface area contributed by atoms with E-state index in [1.54, 1.807) is 31.4 Å². The molecule has 4 rings (SSSR count). The number of aliphatic hydroxyl groups is 1. The SMILES string of the molecule is COc1c(NCc2ccc(OCc3ccc(C(=O)O)cc3)c(CNCCO)c2)cccc1-c1ccccc1. The third-order valence-corrected chi connectivity index (χ3v) is 6.11. The van der Waals surface area contributed by atoms with Gasteiger partial charge >= 0.3 is 5.97 Å². The highest BCUT2D eigenvalue weighted by Crippen LogP contribution is 2.36. The number of aliphatic hydroxyl groups excluding tert-OH is 1. The van der Waals surface area contributed by atoms with Crippen molar-refractivity contribution in [1.29, 1.82) is 0 Å². The molecule has 0 fully saturated rings. The van der Waals surface area contributed by atoms with Gasteiger partial charge < -0.3 is 30.3 Å². The van der Waals surface area contributed by atoms with Crippen molar-refractivity contribution in [2.75, 3.05) is 25.6 Å². The van der Waals surface area contributed by atoms with Crippen LogP contribution in [0.4, 0.5) is 5.69 Å². The fraction of sp³-hybridized carbons (Fsp3) is 0.194. The van der Waals surface area contributed by atoms with Crippen LogP contribution in [-0.4, -0.2) is 36.4 Å². The van der Waals surface area contributed by atoms with Gasteiger partial charge in [-0.15, -0.1) is 0 Å². The molecule has 0 aliphatic carbocycles. The van der Waals surface area contributed by atoms with Gasteiger partial charge in [0.2, 0.25) is 0 Å². The molecule has 0 spiro atoms. The normalized spacial score (nSPS) is 10.7. The minimum Gasteiger partial charge on any atom is -0.494 e. The fourth-order valence-corrected chi connectivity index (χ4v) is 4.17. The van der Waals surface area contributed by atoms with Gasteiger partial charge in [-0.3, -0.25) is 0 Å². The van der Waals surface area contributed by atoms with Crippen LogP contribution >= 0.6 is 0 Å². The number of nitrogens with one attached hydrogen (secondary N) is 2. The smallest absolute Gasteiger partial charge is 0.335 e. The van der Waals surface area contributed by atoms with Crippen molar-refractivity contribution in [3.63, 3.8) is 0 Å². The Labute approximate surface area is 222 Å². The van der Waals surface area contributed by atoms with Crippen LogP contribution in [0.2, 0.25) is 0 Å². The number of aromatic carboxylic acids is 1. The first-order valence-corrected chi connectivity index (χ1v) is 12.4. The highest BCUT2D eigenvalue weighted by molar-refractivity contribution is 5.87. The van der Waals surface area contributed by atoms with Crippen LogP contribution in [0.25, 0.3) is 11.1 Å². The van der Waals surface area contributed by atoms with Crippen LogP contribution < -0.4 is 20.1 Å². The number of ether oxygens (including phenoxy) is 2. The number of para-hydroxylation sites is 1. The molecular formula is C31H32N2O5. The zero-order valence-electron chi connectivity index (χ0n) is 21.3. The summed E-state index contributed by atoms with van der Waals surface area (Å²) in [6.07, 6.45) is 0. The number of carboxylic acid groups (broad SMARTS) is 1. The topological polar surface area (TPSA) is 100 Å². The zero-order valence-corrected chi connectivity index (χ0v) is 21.3. The van der Waals surface area contributed by atoms with Gasteiger partial charge in [0, 0.05) is 30.8 Å². The van der Waals surface area contributed by atoms with Gasteiger partial charge in [-0.1, -0.05) is 60.7 Å². The molecule has 0 saturated carbocycles. The summed E-state index contributed by atoms with van der Waals surface area (Å²) in [6, 6.07) is 28.9. The van der Waals surface area contributed by atoms with E-state index in [2.05, 4.69) is 28.8 Å². The third kappa shape index (κ3) is 6.91. The van der Waals surface area contributed by atoms with Crippen LogP contribution in [0, 0.1) is 0 Å². The van der Waals surface area contributed by atoms with Crippen molar-refractivity contribution >= 4 is 11.7 Å². The van der Waals surface area contributed by atoms with Crippen molar-refractivity contribution in [3.8, 4) is 22.6 Å². The summed E-state index contributed by atoms with van der Waals surface area (Å²) in [7, 11) is 1.68. The minimum absolute atomic E-state index is 0.0465. The first-order chi connectivity index (χ1) is 18.6. The van der Waals surface area contributed by atoms with Crippen LogP contribution in [0.15, 0.2) is 91.0 Å². The number of anilines is 1. The predicted molar refractivity (Wildman–Crippen MR) is 149 cm³/mol. The van der Waals surface area contributed by atoms with Crippen molar-refractivity contribution in [3.05, 3.63) is 113 Å². The van der Waals surface area contributed by atoms with Crippen LogP contribution in [0.1, 0.15) is 27.0 Å². The molecule has 0 bridgehead atoms. The molecule has 0 amide bonds. The average Bonchev–Trinajstić information content (AvgIpc) is 2.96. The van der Waals surface area contributed by atoms with Crippen molar-refractivity contribution < 1.29 is 24.5 Å². The Kier molecular flexibility index (Phi) is 9.34.